The molecular formula is C16H22N2O3. The van der Waals surface area contributed by atoms with Gasteiger partial charge in [0, 0.05) is 24.3 Å². The molecule has 1 aromatic carbocycles. The quantitative estimate of drug-likeness (QED) is 0.819. The predicted octanol–water partition coefficient (Wildman–Crippen LogP) is 2.17. The SMILES string of the molecule is CC1(C)CC(NC(=O)[C@@H]2CCCO2)c2cc(N)ccc2O1. The van der Waals surface area contributed by atoms with E-state index >= 15 is 0 Å². The van der Waals surface area contributed by atoms with Gasteiger partial charge in [-0.2, -0.15) is 0 Å². The maximum Gasteiger partial charge on any atom is 0.249 e. The average molecular weight is 290 g/mol. The summed E-state index contributed by atoms with van der Waals surface area (Å²) in [6.45, 7) is 4.72. The van der Waals surface area contributed by atoms with E-state index in [1.165, 1.54) is 0 Å². The molecule has 3 N–H and O–H groups in total. The minimum atomic E-state index is -0.322. The van der Waals surface area contributed by atoms with Crippen LogP contribution in [-0.4, -0.2) is 24.2 Å². The molecule has 2 aliphatic rings. The van der Waals surface area contributed by atoms with Crippen LogP contribution >= 0.6 is 0 Å². The first-order chi connectivity index (χ1) is 9.94. The molecule has 0 spiro atoms. The predicted molar refractivity (Wildman–Crippen MR) is 80.0 cm³/mol. The number of rotatable bonds is 2. The second-order valence-corrected chi connectivity index (χ2v) is 6.43. The number of hydrogen-bond acceptors (Lipinski definition) is 4. The van der Waals surface area contributed by atoms with E-state index < -0.39 is 0 Å². The first kappa shape index (κ1) is 14.2. The zero-order chi connectivity index (χ0) is 15.0. The average Bonchev–Trinajstić information content (AvgIpc) is 2.93. The molecule has 1 saturated heterocycles. The number of ether oxygens (including phenoxy) is 2. The monoisotopic (exact) mass is 290 g/mol. The van der Waals surface area contributed by atoms with Crippen molar-refractivity contribution in [1.82, 2.24) is 5.32 Å². The van der Waals surface area contributed by atoms with E-state index in [4.69, 9.17) is 15.2 Å². The Morgan fingerprint density at radius 3 is 2.95 bits per heavy atom. The van der Waals surface area contributed by atoms with Gasteiger partial charge in [0.05, 0.1) is 6.04 Å². The topological polar surface area (TPSA) is 73.6 Å². The fourth-order valence-electron chi connectivity index (χ4n) is 3.05. The third-order valence-corrected chi connectivity index (χ3v) is 4.03. The lowest BCUT2D eigenvalue weighted by Gasteiger charge is -2.38. The Balaban J connectivity index is 1.83. The van der Waals surface area contributed by atoms with E-state index in [-0.39, 0.29) is 23.7 Å². The Hall–Kier alpha value is -1.75. The minimum Gasteiger partial charge on any atom is -0.487 e. The normalized spacial score (nSPS) is 26.8. The van der Waals surface area contributed by atoms with E-state index in [0.717, 1.165) is 24.2 Å². The van der Waals surface area contributed by atoms with Crippen molar-refractivity contribution in [2.75, 3.05) is 12.3 Å². The summed E-state index contributed by atoms with van der Waals surface area (Å²) in [5.74, 6) is 0.752. The van der Waals surface area contributed by atoms with Crippen LogP contribution in [0.2, 0.25) is 0 Å². The number of hydrogen-bond donors (Lipinski definition) is 2. The van der Waals surface area contributed by atoms with E-state index in [0.29, 0.717) is 18.7 Å². The molecule has 3 rings (SSSR count). The highest BCUT2D eigenvalue weighted by molar-refractivity contribution is 5.81. The molecule has 1 aromatic rings. The summed E-state index contributed by atoms with van der Waals surface area (Å²) in [5, 5.41) is 3.10. The number of carbonyl (C=O) groups excluding carboxylic acids is 1. The number of nitrogens with one attached hydrogen (secondary N) is 1. The first-order valence-corrected chi connectivity index (χ1v) is 7.45. The number of amides is 1. The van der Waals surface area contributed by atoms with Crippen molar-refractivity contribution in [3.8, 4) is 5.75 Å². The molecule has 114 valence electrons. The Morgan fingerprint density at radius 1 is 1.43 bits per heavy atom. The van der Waals surface area contributed by atoms with Gasteiger partial charge in [-0.05, 0) is 44.9 Å². The van der Waals surface area contributed by atoms with Crippen molar-refractivity contribution in [3.05, 3.63) is 23.8 Å². The lowest BCUT2D eigenvalue weighted by Crippen LogP contribution is -2.44. The molecular weight excluding hydrogens is 268 g/mol. The molecule has 0 saturated carbocycles. The van der Waals surface area contributed by atoms with Crippen molar-refractivity contribution in [1.29, 1.82) is 0 Å². The van der Waals surface area contributed by atoms with Gasteiger partial charge in [-0.1, -0.05) is 0 Å². The smallest absolute Gasteiger partial charge is 0.249 e. The summed E-state index contributed by atoms with van der Waals surface area (Å²) < 4.78 is 11.4. The molecule has 2 atom stereocenters. The van der Waals surface area contributed by atoms with Gasteiger partial charge in [-0.15, -0.1) is 0 Å². The summed E-state index contributed by atoms with van der Waals surface area (Å²) in [6, 6.07) is 5.48. The number of nitrogen functional groups attached to an aromatic ring is 1. The van der Waals surface area contributed by atoms with E-state index in [1.54, 1.807) is 0 Å². The maximum absolute atomic E-state index is 12.3. The van der Waals surface area contributed by atoms with Crippen molar-refractivity contribution in [2.24, 2.45) is 0 Å². The Labute approximate surface area is 124 Å². The van der Waals surface area contributed by atoms with Gasteiger partial charge < -0.3 is 20.5 Å². The summed E-state index contributed by atoms with van der Waals surface area (Å²) >= 11 is 0. The lowest BCUT2D eigenvalue weighted by atomic mass is 9.89. The van der Waals surface area contributed by atoms with Crippen LogP contribution in [0.5, 0.6) is 5.75 Å². The third kappa shape index (κ3) is 2.97. The summed E-state index contributed by atoms with van der Waals surface area (Å²) in [7, 11) is 0. The molecule has 0 radical (unpaired) electrons. The van der Waals surface area contributed by atoms with Crippen molar-refractivity contribution in [3.63, 3.8) is 0 Å². The molecule has 2 heterocycles. The third-order valence-electron chi connectivity index (χ3n) is 4.03. The molecule has 1 unspecified atom stereocenters. The van der Waals surface area contributed by atoms with Crippen LogP contribution in [0, 0.1) is 0 Å². The Morgan fingerprint density at radius 2 is 2.24 bits per heavy atom. The maximum atomic E-state index is 12.3. The standard InChI is InChI=1S/C16H22N2O3/c1-16(2)9-12(18-15(19)14-4-3-7-20-14)11-8-10(17)5-6-13(11)21-16/h5-6,8,12,14H,3-4,7,9,17H2,1-2H3,(H,18,19)/t12?,14-/m0/s1. The van der Waals surface area contributed by atoms with Crippen molar-refractivity contribution in [2.45, 2.75) is 50.9 Å². The van der Waals surface area contributed by atoms with Crippen LogP contribution in [0.25, 0.3) is 0 Å². The number of benzene rings is 1. The van der Waals surface area contributed by atoms with Crippen LogP contribution in [0.3, 0.4) is 0 Å². The molecule has 2 aliphatic heterocycles. The highest BCUT2D eigenvalue weighted by Crippen LogP contribution is 2.40. The fraction of sp³-hybridized carbons (Fsp3) is 0.562. The lowest BCUT2D eigenvalue weighted by molar-refractivity contribution is -0.131. The number of anilines is 1. The highest BCUT2D eigenvalue weighted by Gasteiger charge is 2.36. The first-order valence-electron chi connectivity index (χ1n) is 7.45. The fourth-order valence-corrected chi connectivity index (χ4v) is 3.05. The molecule has 1 fully saturated rings. The highest BCUT2D eigenvalue weighted by atomic mass is 16.5. The number of nitrogens with two attached hydrogens (primary N) is 1. The van der Waals surface area contributed by atoms with E-state index in [9.17, 15) is 4.79 Å². The minimum absolute atomic E-state index is 0.0384. The summed E-state index contributed by atoms with van der Waals surface area (Å²) in [4.78, 5) is 12.3. The molecule has 0 aromatic heterocycles. The van der Waals surface area contributed by atoms with Crippen LogP contribution in [0.4, 0.5) is 5.69 Å². The number of fused-ring (bicyclic) bond motifs is 1. The molecule has 0 bridgehead atoms. The van der Waals surface area contributed by atoms with E-state index in [2.05, 4.69) is 5.32 Å². The van der Waals surface area contributed by atoms with Crippen LogP contribution < -0.4 is 15.8 Å². The Bertz CT molecular complexity index is 550. The largest absolute Gasteiger partial charge is 0.487 e. The molecule has 5 heteroatoms. The molecule has 21 heavy (non-hydrogen) atoms. The Kier molecular flexibility index (Phi) is 3.53. The molecule has 5 nitrogen and oxygen atoms in total. The summed E-state index contributed by atoms with van der Waals surface area (Å²) in [6.07, 6.45) is 2.13. The second-order valence-electron chi connectivity index (χ2n) is 6.43. The van der Waals surface area contributed by atoms with E-state index in [1.807, 2.05) is 32.0 Å². The van der Waals surface area contributed by atoms with Crippen LogP contribution in [0.1, 0.15) is 44.7 Å². The van der Waals surface area contributed by atoms with Gasteiger partial charge in [0.15, 0.2) is 0 Å². The zero-order valence-corrected chi connectivity index (χ0v) is 12.5. The van der Waals surface area contributed by atoms with Gasteiger partial charge in [0.25, 0.3) is 0 Å². The van der Waals surface area contributed by atoms with Gasteiger partial charge >= 0.3 is 0 Å². The zero-order valence-electron chi connectivity index (χ0n) is 12.5. The van der Waals surface area contributed by atoms with Crippen molar-refractivity contribution < 1.29 is 14.3 Å². The molecule has 1 amide bonds. The van der Waals surface area contributed by atoms with Gasteiger partial charge in [0.2, 0.25) is 5.91 Å². The van der Waals surface area contributed by atoms with Crippen molar-refractivity contribution >= 4 is 11.6 Å². The molecule has 0 aliphatic carbocycles. The number of carbonyl (C=O) groups is 1. The van der Waals surface area contributed by atoms with Crippen LogP contribution in [0.15, 0.2) is 18.2 Å². The summed E-state index contributed by atoms with van der Waals surface area (Å²) in [5.41, 5.74) is 7.17. The van der Waals surface area contributed by atoms with Gasteiger partial charge in [-0.25, -0.2) is 0 Å². The van der Waals surface area contributed by atoms with Gasteiger partial charge in [-0.3, -0.25) is 4.79 Å². The van der Waals surface area contributed by atoms with Gasteiger partial charge in [0.1, 0.15) is 17.5 Å². The van der Waals surface area contributed by atoms with Crippen LogP contribution in [-0.2, 0) is 9.53 Å². The second kappa shape index (κ2) is 5.22.